The van der Waals surface area contributed by atoms with E-state index in [1.165, 1.54) is 5.56 Å². The molecule has 6 heteroatoms. The number of para-hydroxylation sites is 3. The van der Waals surface area contributed by atoms with Crippen LogP contribution in [-0.4, -0.2) is 34.5 Å². The second-order valence-corrected chi connectivity index (χ2v) is 10.0. The lowest BCUT2D eigenvalue weighted by atomic mass is 10.0. The zero-order valence-corrected chi connectivity index (χ0v) is 20.8. The van der Waals surface area contributed by atoms with E-state index in [1.54, 1.807) is 0 Å². The minimum absolute atomic E-state index is 0.0576. The molecule has 6 rings (SSSR count). The maximum atomic E-state index is 13.7. The van der Waals surface area contributed by atoms with Gasteiger partial charge in [-0.2, -0.15) is 0 Å². The molecule has 4 aromatic rings. The smallest absolute Gasteiger partial charge is 0.246 e. The quantitative estimate of drug-likeness (QED) is 0.407. The van der Waals surface area contributed by atoms with Crippen LogP contribution in [0.1, 0.15) is 41.3 Å². The molecule has 6 nitrogen and oxygen atoms in total. The van der Waals surface area contributed by atoms with Gasteiger partial charge in [-0.05, 0) is 67.6 Å². The molecule has 0 aliphatic carbocycles. The van der Waals surface area contributed by atoms with Crippen LogP contribution in [0.2, 0.25) is 0 Å². The first-order valence-electron chi connectivity index (χ1n) is 12.7. The summed E-state index contributed by atoms with van der Waals surface area (Å²) in [5.74, 6) is 0.896. The van der Waals surface area contributed by atoms with Gasteiger partial charge in [0.1, 0.15) is 12.4 Å². The number of anilines is 2. The Kier molecular flexibility index (Phi) is 5.59. The molecule has 1 fully saturated rings. The van der Waals surface area contributed by atoms with Crippen LogP contribution in [-0.2, 0) is 22.6 Å². The van der Waals surface area contributed by atoms with Gasteiger partial charge in [-0.3, -0.25) is 9.59 Å². The van der Waals surface area contributed by atoms with Crippen LogP contribution in [0.3, 0.4) is 0 Å². The van der Waals surface area contributed by atoms with E-state index in [4.69, 9.17) is 4.98 Å². The summed E-state index contributed by atoms with van der Waals surface area (Å²) in [7, 11) is 0. The van der Waals surface area contributed by atoms with Crippen molar-refractivity contribution >= 4 is 34.2 Å². The summed E-state index contributed by atoms with van der Waals surface area (Å²) in [6, 6.07) is 22.3. The molecule has 2 aliphatic heterocycles. The molecule has 36 heavy (non-hydrogen) atoms. The standard InChI is InChI=1S/C30H30N4O2/c1-20-13-14-21(2)27(16-20)33-18-23(17-28(33)35)30-31-24-10-4-6-12-26(24)34(30)19-29(36)32-15-7-9-22-8-3-5-11-25(22)32/h3-6,8,10-14,16,23H,7,9,15,17-19H2,1-2H3. The number of benzene rings is 3. The van der Waals surface area contributed by atoms with E-state index < -0.39 is 0 Å². The van der Waals surface area contributed by atoms with Crippen LogP contribution < -0.4 is 9.80 Å². The Balaban J connectivity index is 1.35. The van der Waals surface area contributed by atoms with Crippen molar-refractivity contribution in [3.05, 3.63) is 89.2 Å². The molecule has 0 N–H and O–H groups in total. The van der Waals surface area contributed by atoms with Crippen molar-refractivity contribution in [2.24, 2.45) is 0 Å². The Labute approximate surface area is 211 Å². The van der Waals surface area contributed by atoms with Gasteiger partial charge in [-0.15, -0.1) is 0 Å². The van der Waals surface area contributed by atoms with E-state index in [9.17, 15) is 9.59 Å². The zero-order valence-electron chi connectivity index (χ0n) is 20.8. The van der Waals surface area contributed by atoms with Crippen molar-refractivity contribution in [1.82, 2.24) is 9.55 Å². The topological polar surface area (TPSA) is 58.4 Å². The first-order chi connectivity index (χ1) is 17.5. The predicted octanol–water partition coefficient (Wildman–Crippen LogP) is 5.15. The van der Waals surface area contributed by atoms with Gasteiger partial charge in [-0.1, -0.05) is 42.5 Å². The normalized spacial score (nSPS) is 17.6. The van der Waals surface area contributed by atoms with E-state index in [2.05, 4.69) is 24.3 Å². The van der Waals surface area contributed by atoms with E-state index in [-0.39, 0.29) is 24.3 Å². The molecular weight excluding hydrogens is 448 g/mol. The van der Waals surface area contributed by atoms with Crippen molar-refractivity contribution in [3.63, 3.8) is 0 Å². The first-order valence-corrected chi connectivity index (χ1v) is 12.7. The minimum Gasteiger partial charge on any atom is -0.318 e. The summed E-state index contributed by atoms with van der Waals surface area (Å²) < 4.78 is 2.04. The van der Waals surface area contributed by atoms with Gasteiger partial charge in [-0.25, -0.2) is 4.98 Å². The van der Waals surface area contributed by atoms with Gasteiger partial charge >= 0.3 is 0 Å². The maximum absolute atomic E-state index is 13.7. The van der Waals surface area contributed by atoms with E-state index in [1.807, 2.05) is 70.7 Å². The molecule has 1 aromatic heterocycles. The van der Waals surface area contributed by atoms with Gasteiger partial charge in [0.15, 0.2) is 0 Å². The molecule has 0 radical (unpaired) electrons. The number of hydrogen-bond acceptors (Lipinski definition) is 3. The average molecular weight is 479 g/mol. The van der Waals surface area contributed by atoms with Gasteiger partial charge in [0.05, 0.1) is 11.0 Å². The van der Waals surface area contributed by atoms with Crippen LogP contribution in [0, 0.1) is 13.8 Å². The summed E-state index contributed by atoms with van der Waals surface area (Å²) in [5.41, 5.74) is 7.20. The fourth-order valence-electron chi connectivity index (χ4n) is 5.71. The molecule has 1 unspecified atom stereocenters. The number of hydrogen-bond donors (Lipinski definition) is 0. The molecule has 0 saturated carbocycles. The van der Waals surface area contributed by atoms with Crippen molar-refractivity contribution in [3.8, 4) is 0 Å². The van der Waals surface area contributed by atoms with Crippen molar-refractivity contribution in [2.45, 2.75) is 45.6 Å². The highest BCUT2D eigenvalue weighted by molar-refractivity contribution is 5.98. The van der Waals surface area contributed by atoms with Crippen LogP contribution in [0.4, 0.5) is 11.4 Å². The molecule has 1 atom stereocenters. The maximum Gasteiger partial charge on any atom is 0.246 e. The Bertz CT molecular complexity index is 1490. The molecule has 3 heterocycles. The number of carbonyl (C=O) groups is 2. The molecule has 0 spiro atoms. The largest absolute Gasteiger partial charge is 0.318 e. The van der Waals surface area contributed by atoms with Crippen LogP contribution in [0.15, 0.2) is 66.7 Å². The fourth-order valence-corrected chi connectivity index (χ4v) is 5.71. The lowest BCUT2D eigenvalue weighted by Gasteiger charge is -2.30. The third-order valence-corrected chi connectivity index (χ3v) is 7.53. The molecule has 2 amide bonds. The van der Waals surface area contributed by atoms with Crippen molar-refractivity contribution < 1.29 is 9.59 Å². The molecular formula is C30H30N4O2. The second kappa shape index (κ2) is 8.94. The van der Waals surface area contributed by atoms with Gasteiger partial charge in [0.2, 0.25) is 11.8 Å². The third kappa shape index (κ3) is 3.87. The minimum atomic E-state index is -0.0775. The highest BCUT2D eigenvalue weighted by atomic mass is 16.2. The number of aryl methyl sites for hydroxylation is 3. The predicted molar refractivity (Wildman–Crippen MR) is 142 cm³/mol. The first kappa shape index (κ1) is 22.5. The number of nitrogens with zero attached hydrogens (tertiary/aromatic N) is 4. The number of amides is 2. The molecule has 0 bridgehead atoms. The zero-order chi connectivity index (χ0) is 24.8. The Morgan fingerprint density at radius 1 is 1.00 bits per heavy atom. The lowest BCUT2D eigenvalue weighted by molar-refractivity contribution is -0.119. The fraction of sp³-hybridized carbons (Fsp3) is 0.300. The van der Waals surface area contributed by atoms with Crippen LogP contribution in [0.25, 0.3) is 11.0 Å². The van der Waals surface area contributed by atoms with Gasteiger partial charge in [0.25, 0.3) is 0 Å². The van der Waals surface area contributed by atoms with Gasteiger partial charge < -0.3 is 14.4 Å². The second-order valence-electron chi connectivity index (χ2n) is 10.0. The number of imidazole rings is 1. The Morgan fingerprint density at radius 3 is 2.69 bits per heavy atom. The highest BCUT2D eigenvalue weighted by Crippen LogP contribution is 2.35. The molecule has 2 aliphatic rings. The molecule has 182 valence electrons. The Hall–Kier alpha value is -3.93. The monoisotopic (exact) mass is 478 g/mol. The van der Waals surface area contributed by atoms with Crippen molar-refractivity contribution in [1.29, 1.82) is 0 Å². The SMILES string of the molecule is Cc1ccc(C)c(N2CC(c3nc4ccccc4n3CC(=O)N3CCCc4ccccc43)CC2=O)c1. The average Bonchev–Trinajstić information content (AvgIpc) is 3.45. The number of carbonyl (C=O) groups excluding carboxylic acids is 2. The summed E-state index contributed by atoms with van der Waals surface area (Å²) in [6.07, 6.45) is 2.34. The molecule has 1 saturated heterocycles. The summed E-state index contributed by atoms with van der Waals surface area (Å²) in [4.78, 5) is 35.6. The van der Waals surface area contributed by atoms with E-state index in [0.29, 0.717) is 13.0 Å². The highest BCUT2D eigenvalue weighted by Gasteiger charge is 2.36. The molecule has 3 aromatic carbocycles. The van der Waals surface area contributed by atoms with Crippen molar-refractivity contribution in [2.75, 3.05) is 22.9 Å². The third-order valence-electron chi connectivity index (χ3n) is 7.53. The van der Waals surface area contributed by atoms with Gasteiger partial charge in [0, 0.05) is 36.8 Å². The number of aromatic nitrogens is 2. The van der Waals surface area contributed by atoms with Crippen LogP contribution >= 0.6 is 0 Å². The summed E-state index contributed by atoms with van der Waals surface area (Å²) >= 11 is 0. The van der Waals surface area contributed by atoms with Crippen LogP contribution in [0.5, 0.6) is 0 Å². The number of rotatable bonds is 4. The summed E-state index contributed by atoms with van der Waals surface area (Å²) in [6.45, 7) is 5.58. The number of fused-ring (bicyclic) bond motifs is 2. The van der Waals surface area contributed by atoms with E-state index >= 15 is 0 Å². The lowest BCUT2D eigenvalue weighted by Crippen LogP contribution is -2.38. The Morgan fingerprint density at radius 2 is 1.81 bits per heavy atom. The van der Waals surface area contributed by atoms with E-state index in [0.717, 1.165) is 58.7 Å². The summed E-state index contributed by atoms with van der Waals surface area (Å²) in [5, 5.41) is 0.